The van der Waals surface area contributed by atoms with Crippen molar-refractivity contribution >= 4 is 21.9 Å². The van der Waals surface area contributed by atoms with Crippen molar-refractivity contribution in [2.24, 2.45) is 0 Å². The number of halogens is 1. The van der Waals surface area contributed by atoms with E-state index in [0.29, 0.717) is 18.2 Å². The zero-order valence-corrected chi connectivity index (χ0v) is 13.6. The molecule has 6 heteroatoms. The van der Waals surface area contributed by atoms with Gasteiger partial charge >= 0.3 is 0 Å². The number of hydrogen-bond donors (Lipinski definition) is 0. The number of aromatic nitrogens is 2. The lowest BCUT2D eigenvalue weighted by Crippen LogP contribution is -2.56. The molecule has 1 aromatic rings. The van der Waals surface area contributed by atoms with Gasteiger partial charge in [-0.3, -0.25) is 0 Å². The Balaban J connectivity index is 1.75. The van der Waals surface area contributed by atoms with Gasteiger partial charge in [-0.2, -0.15) is 0 Å². The number of nitrogens with zero attached hydrogens (tertiary/aromatic N) is 4. The SMILES string of the molecule is CN(C)[C@@H]1CC[C@@H]2[C@H](C1)OCCN2c1ncc(Br)cn1. The van der Waals surface area contributed by atoms with Crippen LogP contribution in [0.15, 0.2) is 16.9 Å². The molecule has 2 aliphatic rings. The summed E-state index contributed by atoms with van der Waals surface area (Å²) in [4.78, 5) is 13.5. The monoisotopic (exact) mass is 340 g/mol. The van der Waals surface area contributed by atoms with Gasteiger partial charge in [-0.15, -0.1) is 0 Å². The summed E-state index contributed by atoms with van der Waals surface area (Å²) in [5.41, 5.74) is 0. The van der Waals surface area contributed by atoms with Gasteiger partial charge in [0.2, 0.25) is 5.95 Å². The largest absolute Gasteiger partial charge is 0.374 e. The predicted molar refractivity (Wildman–Crippen MR) is 81.9 cm³/mol. The molecule has 0 spiro atoms. The summed E-state index contributed by atoms with van der Waals surface area (Å²) in [6.07, 6.45) is 7.40. The number of rotatable bonds is 2. The number of fused-ring (bicyclic) bond motifs is 1. The molecule has 5 nitrogen and oxygen atoms in total. The van der Waals surface area contributed by atoms with E-state index in [2.05, 4.69) is 49.8 Å². The number of ether oxygens (including phenoxy) is 1. The summed E-state index contributed by atoms with van der Waals surface area (Å²) >= 11 is 3.39. The van der Waals surface area contributed by atoms with Crippen LogP contribution in [0.4, 0.5) is 5.95 Å². The van der Waals surface area contributed by atoms with E-state index in [9.17, 15) is 0 Å². The van der Waals surface area contributed by atoms with Crippen molar-refractivity contribution in [3.63, 3.8) is 0 Å². The molecule has 3 atom stereocenters. The average Bonchev–Trinajstić information content (AvgIpc) is 2.47. The first-order valence-corrected chi connectivity index (χ1v) is 7.96. The Kier molecular flexibility index (Phi) is 4.23. The number of anilines is 1. The molecular formula is C14H21BrN4O. The fraction of sp³-hybridized carbons (Fsp3) is 0.714. The second kappa shape index (κ2) is 5.95. The molecular weight excluding hydrogens is 320 g/mol. The van der Waals surface area contributed by atoms with Crippen LogP contribution in [0.1, 0.15) is 19.3 Å². The van der Waals surface area contributed by atoms with Crippen LogP contribution >= 0.6 is 15.9 Å². The van der Waals surface area contributed by atoms with E-state index in [0.717, 1.165) is 36.4 Å². The highest BCUT2D eigenvalue weighted by atomic mass is 79.9. The highest BCUT2D eigenvalue weighted by Crippen LogP contribution is 2.32. The van der Waals surface area contributed by atoms with Crippen LogP contribution in [0.25, 0.3) is 0 Å². The zero-order chi connectivity index (χ0) is 14.1. The normalized spacial score (nSPS) is 30.4. The van der Waals surface area contributed by atoms with Crippen LogP contribution in [0.5, 0.6) is 0 Å². The van der Waals surface area contributed by atoms with Crippen LogP contribution in [-0.4, -0.2) is 60.3 Å². The first-order valence-electron chi connectivity index (χ1n) is 7.17. The first kappa shape index (κ1) is 14.2. The van der Waals surface area contributed by atoms with Crippen molar-refractivity contribution in [3.05, 3.63) is 16.9 Å². The molecule has 0 N–H and O–H groups in total. The van der Waals surface area contributed by atoms with Gasteiger partial charge in [-0.25, -0.2) is 9.97 Å². The van der Waals surface area contributed by atoms with E-state index in [4.69, 9.17) is 4.74 Å². The summed E-state index contributed by atoms with van der Waals surface area (Å²) in [7, 11) is 4.31. The molecule has 0 amide bonds. The van der Waals surface area contributed by atoms with Crippen molar-refractivity contribution in [2.75, 3.05) is 32.1 Å². The van der Waals surface area contributed by atoms with E-state index in [1.165, 1.54) is 6.42 Å². The minimum Gasteiger partial charge on any atom is -0.374 e. The van der Waals surface area contributed by atoms with Crippen LogP contribution in [0, 0.1) is 0 Å². The third-order valence-corrected chi connectivity index (χ3v) is 4.80. The van der Waals surface area contributed by atoms with Crippen LogP contribution < -0.4 is 4.90 Å². The molecule has 3 rings (SSSR count). The van der Waals surface area contributed by atoms with Gasteiger partial charge in [0.05, 0.1) is 23.2 Å². The number of hydrogen-bond acceptors (Lipinski definition) is 5. The molecule has 0 radical (unpaired) electrons. The topological polar surface area (TPSA) is 41.5 Å². The van der Waals surface area contributed by atoms with Crippen molar-refractivity contribution in [1.82, 2.24) is 14.9 Å². The quantitative estimate of drug-likeness (QED) is 0.822. The van der Waals surface area contributed by atoms with E-state index in [1.807, 2.05) is 12.4 Å². The molecule has 1 saturated carbocycles. The third-order valence-electron chi connectivity index (χ3n) is 4.39. The lowest BCUT2D eigenvalue weighted by Gasteiger charge is -2.46. The van der Waals surface area contributed by atoms with Gasteiger partial charge < -0.3 is 14.5 Å². The maximum atomic E-state index is 6.00. The van der Waals surface area contributed by atoms with Crippen molar-refractivity contribution in [3.8, 4) is 0 Å². The molecule has 0 aromatic carbocycles. The minimum atomic E-state index is 0.303. The van der Waals surface area contributed by atoms with Gasteiger partial charge in [-0.1, -0.05) is 0 Å². The standard InChI is InChI=1S/C14H21BrN4O/c1-18(2)11-3-4-12-13(7-11)20-6-5-19(12)14-16-8-10(15)9-17-14/h8-9,11-13H,3-7H2,1-2H3/t11-,12-,13+/m1/s1. The van der Waals surface area contributed by atoms with Gasteiger partial charge in [0.1, 0.15) is 0 Å². The predicted octanol–water partition coefficient (Wildman–Crippen LogP) is 1.93. The smallest absolute Gasteiger partial charge is 0.225 e. The van der Waals surface area contributed by atoms with Crippen LogP contribution in [0.3, 0.4) is 0 Å². The molecule has 2 heterocycles. The third kappa shape index (κ3) is 2.82. The van der Waals surface area contributed by atoms with Gasteiger partial charge in [0.15, 0.2) is 0 Å². The molecule has 20 heavy (non-hydrogen) atoms. The summed E-state index contributed by atoms with van der Waals surface area (Å²) in [5.74, 6) is 0.829. The van der Waals surface area contributed by atoms with E-state index < -0.39 is 0 Å². The Labute approximate surface area is 128 Å². The molecule has 1 aliphatic carbocycles. The van der Waals surface area contributed by atoms with Crippen LogP contribution in [0.2, 0.25) is 0 Å². The second-order valence-corrected chi connectivity index (χ2v) is 6.72. The Morgan fingerprint density at radius 2 is 2.05 bits per heavy atom. The van der Waals surface area contributed by atoms with E-state index in [-0.39, 0.29) is 0 Å². The summed E-state index contributed by atoms with van der Waals surface area (Å²) < 4.78 is 6.92. The highest BCUT2D eigenvalue weighted by molar-refractivity contribution is 9.10. The summed E-state index contributed by atoms with van der Waals surface area (Å²) in [6.45, 7) is 1.65. The fourth-order valence-electron chi connectivity index (χ4n) is 3.27. The zero-order valence-electron chi connectivity index (χ0n) is 12.0. The fourth-order valence-corrected chi connectivity index (χ4v) is 3.47. The molecule has 0 unspecified atom stereocenters. The Morgan fingerprint density at radius 3 is 2.75 bits per heavy atom. The average molecular weight is 341 g/mol. The lowest BCUT2D eigenvalue weighted by atomic mass is 9.86. The molecule has 2 fully saturated rings. The van der Waals surface area contributed by atoms with E-state index in [1.54, 1.807) is 0 Å². The van der Waals surface area contributed by atoms with Crippen molar-refractivity contribution in [2.45, 2.75) is 37.5 Å². The molecule has 0 bridgehead atoms. The Morgan fingerprint density at radius 1 is 1.30 bits per heavy atom. The Hall–Kier alpha value is -0.720. The van der Waals surface area contributed by atoms with Crippen LogP contribution in [-0.2, 0) is 4.74 Å². The van der Waals surface area contributed by atoms with Crippen molar-refractivity contribution < 1.29 is 4.74 Å². The summed E-state index contributed by atoms with van der Waals surface area (Å²) in [6, 6.07) is 1.04. The lowest BCUT2D eigenvalue weighted by molar-refractivity contribution is -0.0283. The highest BCUT2D eigenvalue weighted by Gasteiger charge is 2.39. The minimum absolute atomic E-state index is 0.303. The molecule has 1 aliphatic heterocycles. The van der Waals surface area contributed by atoms with E-state index >= 15 is 0 Å². The molecule has 110 valence electrons. The summed E-state index contributed by atoms with van der Waals surface area (Å²) in [5, 5.41) is 0. The molecule has 1 aromatic heterocycles. The Bertz CT molecular complexity index is 453. The maximum absolute atomic E-state index is 6.00. The van der Waals surface area contributed by atoms with Gasteiger partial charge in [0, 0.05) is 25.0 Å². The van der Waals surface area contributed by atoms with Crippen molar-refractivity contribution in [1.29, 1.82) is 0 Å². The van der Waals surface area contributed by atoms with Gasteiger partial charge in [0.25, 0.3) is 0 Å². The molecule has 1 saturated heterocycles. The number of morpholine rings is 1. The first-order chi connectivity index (χ1) is 9.65. The second-order valence-electron chi connectivity index (χ2n) is 5.80. The van der Waals surface area contributed by atoms with Gasteiger partial charge in [-0.05, 0) is 49.3 Å². The maximum Gasteiger partial charge on any atom is 0.225 e.